The van der Waals surface area contributed by atoms with Crippen LogP contribution in [0, 0.1) is 0 Å². The summed E-state index contributed by atoms with van der Waals surface area (Å²) in [5.41, 5.74) is 1.92. The van der Waals surface area contributed by atoms with E-state index in [0.29, 0.717) is 18.7 Å². The molecule has 11 nitrogen and oxygen atoms in total. The summed E-state index contributed by atoms with van der Waals surface area (Å²) in [6, 6.07) is 10.6. The van der Waals surface area contributed by atoms with E-state index < -0.39 is 11.7 Å². The van der Waals surface area contributed by atoms with Gasteiger partial charge in [0.2, 0.25) is 0 Å². The Labute approximate surface area is 199 Å². The van der Waals surface area contributed by atoms with Gasteiger partial charge in [0.15, 0.2) is 11.3 Å². The van der Waals surface area contributed by atoms with Crippen LogP contribution < -0.4 is 10.4 Å². The van der Waals surface area contributed by atoms with Crippen LogP contribution in [-0.2, 0) is 20.1 Å². The number of phenols is 1. The van der Waals surface area contributed by atoms with Crippen molar-refractivity contribution in [2.24, 2.45) is 7.05 Å². The van der Waals surface area contributed by atoms with Gasteiger partial charge in [0.05, 0.1) is 5.56 Å². The van der Waals surface area contributed by atoms with E-state index >= 15 is 0 Å². The van der Waals surface area contributed by atoms with E-state index in [1.165, 1.54) is 13.1 Å². The number of nitrogens with zero attached hydrogens (tertiary/aromatic N) is 6. The number of rotatable bonds is 4. The van der Waals surface area contributed by atoms with Gasteiger partial charge in [0.25, 0.3) is 5.91 Å². The lowest BCUT2D eigenvalue weighted by molar-refractivity contribution is 0.0710. The molecule has 1 amide bonds. The normalized spacial score (nSPS) is 12.9. The standard InChI is InChI=1S/C24H22N6O5/c1-13(2)16-8-17(22(32)29-10-14-6-4-5-7-15(14)11-29)19(9-18(16)31)35-23(33)20-21-26-27-28(3)24(34)30(21)12-25-20/h4-9,12-13,31H,10-11H2,1-3H3. The van der Waals surface area contributed by atoms with Gasteiger partial charge in [-0.05, 0) is 28.7 Å². The van der Waals surface area contributed by atoms with Gasteiger partial charge >= 0.3 is 11.7 Å². The number of amides is 1. The highest BCUT2D eigenvalue weighted by Gasteiger charge is 2.29. The molecule has 35 heavy (non-hydrogen) atoms. The molecule has 5 rings (SSSR count). The van der Waals surface area contributed by atoms with E-state index in [1.54, 1.807) is 11.0 Å². The number of phenolic OH excluding ortho intramolecular Hbond substituents is 1. The molecule has 0 aliphatic carbocycles. The van der Waals surface area contributed by atoms with Gasteiger partial charge in [-0.25, -0.2) is 19.0 Å². The molecule has 0 bridgehead atoms. The summed E-state index contributed by atoms with van der Waals surface area (Å²) < 4.78 is 7.61. The topological polar surface area (TPSA) is 132 Å². The number of benzene rings is 2. The zero-order valence-corrected chi connectivity index (χ0v) is 19.3. The molecule has 0 fully saturated rings. The number of aromatic hydroxyl groups is 1. The van der Waals surface area contributed by atoms with Crippen LogP contribution in [0.25, 0.3) is 5.65 Å². The van der Waals surface area contributed by atoms with E-state index in [0.717, 1.165) is 26.5 Å². The largest absolute Gasteiger partial charge is 0.508 e. The molecule has 0 atom stereocenters. The summed E-state index contributed by atoms with van der Waals surface area (Å²) >= 11 is 0. The van der Waals surface area contributed by atoms with Crippen LogP contribution in [0.3, 0.4) is 0 Å². The molecular weight excluding hydrogens is 452 g/mol. The molecule has 2 aromatic heterocycles. The van der Waals surface area contributed by atoms with Crippen LogP contribution in [0.5, 0.6) is 11.5 Å². The van der Waals surface area contributed by atoms with E-state index in [1.807, 2.05) is 38.1 Å². The van der Waals surface area contributed by atoms with Crippen molar-refractivity contribution < 1.29 is 19.4 Å². The first kappa shape index (κ1) is 22.3. The lowest BCUT2D eigenvalue weighted by Gasteiger charge is -2.20. The van der Waals surface area contributed by atoms with Gasteiger partial charge in [-0.3, -0.25) is 4.79 Å². The van der Waals surface area contributed by atoms with Gasteiger partial charge in [0, 0.05) is 26.2 Å². The maximum Gasteiger partial charge on any atom is 0.366 e. The van der Waals surface area contributed by atoms with Gasteiger partial charge in [-0.1, -0.05) is 43.3 Å². The third kappa shape index (κ3) is 3.80. The van der Waals surface area contributed by atoms with Crippen molar-refractivity contribution in [2.45, 2.75) is 32.9 Å². The Kier molecular flexibility index (Phi) is 5.31. The van der Waals surface area contributed by atoms with Gasteiger partial charge < -0.3 is 14.7 Å². The average Bonchev–Trinajstić information content (AvgIpc) is 3.46. The first-order chi connectivity index (χ1) is 16.7. The number of hydrogen-bond donors (Lipinski definition) is 1. The van der Waals surface area contributed by atoms with Crippen LogP contribution >= 0.6 is 0 Å². The van der Waals surface area contributed by atoms with E-state index in [4.69, 9.17) is 4.74 Å². The minimum atomic E-state index is -0.939. The number of hydrogen-bond acceptors (Lipinski definition) is 8. The Balaban J connectivity index is 1.52. The lowest BCUT2D eigenvalue weighted by atomic mass is 9.98. The van der Waals surface area contributed by atoms with Crippen molar-refractivity contribution in [1.29, 1.82) is 0 Å². The van der Waals surface area contributed by atoms with Crippen LogP contribution in [0.4, 0.5) is 0 Å². The number of imidazole rings is 1. The van der Waals surface area contributed by atoms with Crippen molar-refractivity contribution in [3.63, 3.8) is 0 Å². The van der Waals surface area contributed by atoms with Gasteiger partial charge in [0.1, 0.15) is 17.8 Å². The summed E-state index contributed by atoms with van der Waals surface area (Å²) in [4.78, 5) is 44.4. The summed E-state index contributed by atoms with van der Waals surface area (Å²) in [5, 5.41) is 18.1. The minimum Gasteiger partial charge on any atom is -0.508 e. The SMILES string of the molecule is CC(C)c1cc(C(=O)N2Cc3ccccc3C2)c(OC(=O)c2ncn3c(=O)n(C)nnc23)cc1O. The third-order valence-electron chi connectivity index (χ3n) is 6.00. The fourth-order valence-corrected chi connectivity index (χ4v) is 4.12. The molecule has 0 radical (unpaired) electrons. The van der Waals surface area contributed by atoms with Crippen molar-refractivity contribution in [1.82, 2.24) is 29.3 Å². The molecule has 3 heterocycles. The lowest BCUT2D eigenvalue weighted by Crippen LogP contribution is -2.28. The highest BCUT2D eigenvalue weighted by Crippen LogP contribution is 2.35. The van der Waals surface area contributed by atoms with Crippen molar-refractivity contribution in [3.8, 4) is 11.5 Å². The van der Waals surface area contributed by atoms with Crippen LogP contribution in [0.15, 0.2) is 47.5 Å². The molecule has 0 saturated carbocycles. The molecule has 0 saturated heterocycles. The number of ether oxygens (including phenoxy) is 1. The first-order valence-corrected chi connectivity index (χ1v) is 11.0. The molecule has 1 aliphatic heterocycles. The Morgan fingerprint density at radius 2 is 1.80 bits per heavy atom. The van der Waals surface area contributed by atoms with Crippen molar-refractivity contribution >= 4 is 17.5 Å². The molecule has 4 aromatic rings. The van der Waals surface area contributed by atoms with E-state index in [2.05, 4.69) is 15.3 Å². The van der Waals surface area contributed by atoms with E-state index in [9.17, 15) is 19.5 Å². The molecule has 0 spiro atoms. The Morgan fingerprint density at radius 1 is 1.11 bits per heavy atom. The summed E-state index contributed by atoms with van der Waals surface area (Å²) in [6.07, 6.45) is 1.15. The second-order valence-corrected chi connectivity index (χ2v) is 8.66. The quantitative estimate of drug-likeness (QED) is 0.351. The van der Waals surface area contributed by atoms with Gasteiger partial charge in [-0.2, -0.15) is 4.68 Å². The maximum atomic E-state index is 13.6. The fraction of sp³-hybridized carbons (Fsp3) is 0.250. The Morgan fingerprint density at radius 3 is 2.46 bits per heavy atom. The highest BCUT2D eigenvalue weighted by atomic mass is 16.5. The summed E-state index contributed by atoms with van der Waals surface area (Å²) in [5.74, 6) is -1.58. The predicted molar refractivity (Wildman–Crippen MR) is 123 cm³/mol. The average molecular weight is 474 g/mol. The second kappa shape index (κ2) is 8.35. The predicted octanol–water partition coefficient (Wildman–Crippen LogP) is 2.03. The van der Waals surface area contributed by atoms with Crippen molar-refractivity contribution in [3.05, 3.63) is 81.2 Å². The highest BCUT2D eigenvalue weighted by molar-refractivity contribution is 6.00. The number of carbonyl (C=O) groups is 2. The summed E-state index contributed by atoms with van der Waals surface area (Å²) in [6.45, 7) is 4.62. The number of carbonyl (C=O) groups excluding carboxylic acids is 2. The van der Waals surface area contributed by atoms with Crippen LogP contribution in [0.2, 0.25) is 0 Å². The number of aromatic nitrogens is 5. The first-order valence-electron chi connectivity index (χ1n) is 11.0. The Bertz CT molecular complexity index is 1530. The molecule has 1 aliphatic rings. The zero-order chi connectivity index (χ0) is 24.9. The number of esters is 1. The third-order valence-corrected chi connectivity index (χ3v) is 6.00. The molecule has 2 aromatic carbocycles. The molecule has 1 N–H and O–H groups in total. The van der Waals surface area contributed by atoms with Crippen LogP contribution in [0.1, 0.15) is 57.3 Å². The zero-order valence-electron chi connectivity index (χ0n) is 19.3. The molecular formula is C24H22N6O5. The maximum absolute atomic E-state index is 13.6. The van der Waals surface area contributed by atoms with Crippen LogP contribution in [-0.4, -0.2) is 46.3 Å². The van der Waals surface area contributed by atoms with Crippen molar-refractivity contribution in [2.75, 3.05) is 0 Å². The number of fused-ring (bicyclic) bond motifs is 2. The smallest absolute Gasteiger partial charge is 0.366 e. The van der Waals surface area contributed by atoms with Gasteiger partial charge in [-0.15, -0.1) is 5.10 Å². The summed E-state index contributed by atoms with van der Waals surface area (Å²) in [7, 11) is 1.42. The second-order valence-electron chi connectivity index (χ2n) is 8.66. The molecule has 178 valence electrons. The van der Waals surface area contributed by atoms with E-state index in [-0.39, 0.29) is 40.2 Å². The fourth-order valence-electron chi connectivity index (χ4n) is 4.12. The Hall–Kier alpha value is -4.54. The number of aryl methyl sites for hydroxylation is 1. The molecule has 0 unspecified atom stereocenters. The monoisotopic (exact) mass is 474 g/mol. The molecule has 11 heteroatoms. The minimum absolute atomic E-state index is 0.0781.